The van der Waals surface area contributed by atoms with Gasteiger partial charge in [0.15, 0.2) is 6.61 Å². The van der Waals surface area contributed by atoms with Crippen LogP contribution in [-0.2, 0) is 9.53 Å². The van der Waals surface area contributed by atoms with Crippen molar-refractivity contribution in [2.75, 3.05) is 6.61 Å². The number of nitrogens with one attached hydrogen (secondary N) is 3. The fraction of sp³-hybridized carbons (Fsp3) is 0.458. The molecule has 7 nitrogen and oxygen atoms in total. The highest BCUT2D eigenvalue weighted by Crippen LogP contribution is 2.55. The Hall–Kier alpha value is -2.01. The maximum absolute atomic E-state index is 13.9. The second-order valence-electron chi connectivity index (χ2n) is 9.50. The lowest BCUT2D eigenvalue weighted by molar-refractivity contribution is -0.173. The topological polar surface area (TPSA) is 91.9 Å². The van der Waals surface area contributed by atoms with Gasteiger partial charge in [0.25, 0.3) is 5.91 Å². The van der Waals surface area contributed by atoms with Crippen LogP contribution >= 0.6 is 23.2 Å². The number of rotatable bonds is 6. The minimum atomic E-state index is -0.725. The summed E-state index contributed by atoms with van der Waals surface area (Å²) in [6.07, 6.45) is 1.14. The third-order valence-corrected chi connectivity index (χ3v) is 8.05. The fourth-order valence-corrected chi connectivity index (χ4v) is 5.67. The average Bonchev–Trinajstić information content (AvgIpc) is 3.33. The van der Waals surface area contributed by atoms with E-state index in [4.69, 9.17) is 32.7 Å². The molecule has 0 aromatic heterocycles. The zero-order valence-electron chi connectivity index (χ0n) is 18.6. The SMILES string of the molecule is O=C(COc1ccc(Cl)c(F)c1)NC12CCC(C3NNC(c4ccc(Cl)c(F)c4)O3)(CC1)C(O)C2. The van der Waals surface area contributed by atoms with Gasteiger partial charge in [0.2, 0.25) is 0 Å². The molecule has 1 saturated heterocycles. The van der Waals surface area contributed by atoms with E-state index in [2.05, 4.69) is 16.2 Å². The summed E-state index contributed by atoms with van der Waals surface area (Å²) in [7, 11) is 0. The molecule has 3 saturated carbocycles. The smallest absolute Gasteiger partial charge is 0.258 e. The van der Waals surface area contributed by atoms with E-state index in [-0.39, 0.29) is 28.3 Å². The van der Waals surface area contributed by atoms with E-state index in [1.807, 2.05) is 0 Å². The number of carbonyl (C=O) groups is 1. The minimum Gasteiger partial charge on any atom is -0.484 e. The highest BCUT2D eigenvalue weighted by Gasteiger charge is 2.59. The second kappa shape index (κ2) is 9.46. The lowest BCUT2D eigenvalue weighted by atomic mass is 9.55. The zero-order chi connectivity index (χ0) is 24.8. The number of aliphatic hydroxyl groups excluding tert-OH is 1. The van der Waals surface area contributed by atoms with Crippen molar-refractivity contribution in [1.29, 1.82) is 0 Å². The maximum atomic E-state index is 13.9. The van der Waals surface area contributed by atoms with Gasteiger partial charge in [-0.1, -0.05) is 29.3 Å². The second-order valence-corrected chi connectivity index (χ2v) is 10.3. The van der Waals surface area contributed by atoms with Gasteiger partial charge >= 0.3 is 0 Å². The molecule has 3 aliphatic carbocycles. The molecule has 2 aromatic rings. The Labute approximate surface area is 211 Å². The lowest BCUT2D eigenvalue weighted by Crippen LogP contribution is -2.66. The first-order valence-electron chi connectivity index (χ1n) is 11.4. The van der Waals surface area contributed by atoms with E-state index < -0.39 is 41.1 Å². The van der Waals surface area contributed by atoms with Gasteiger partial charge in [-0.3, -0.25) is 4.79 Å². The molecule has 4 N–H and O–H groups in total. The van der Waals surface area contributed by atoms with Gasteiger partial charge in [0, 0.05) is 17.0 Å². The number of hydrogen-bond acceptors (Lipinski definition) is 6. The number of halogens is 4. The van der Waals surface area contributed by atoms with Gasteiger partial charge in [-0.2, -0.15) is 0 Å². The summed E-state index contributed by atoms with van der Waals surface area (Å²) in [6.45, 7) is -0.277. The van der Waals surface area contributed by atoms with Crippen LogP contribution in [0.25, 0.3) is 0 Å². The van der Waals surface area contributed by atoms with Crippen LogP contribution in [-0.4, -0.2) is 35.5 Å². The predicted octanol–water partition coefficient (Wildman–Crippen LogP) is 3.98. The van der Waals surface area contributed by atoms with Crippen molar-refractivity contribution in [3.05, 3.63) is 63.6 Å². The number of ether oxygens (including phenoxy) is 2. The van der Waals surface area contributed by atoms with E-state index in [0.29, 0.717) is 37.7 Å². The summed E-state index contributed by atoms with van der Waals surface area (Å²) in [5, 5.41) is 14.2. The molecule has 6 rings (SSSR count). The van der Waals surface area contributed by atoms with Crippen LogP contribution in [0.4, 0.5) is 8.78 Å². The van der Waals surface area contributed by atoms with Gasteiger partial charge in [-0.25, -0.2) is 19.6 Å². The number of fused-ring (bicyclic) bond motifs is 3. The fourth-order valence-electron chi connectivity index (χ4n) is 5.44. The summed E-state index contributed by atoms with van der Waals surface area (Å²) >= 11 is 11.4. The monoisotopic (exact) mass is 527 g/mol. The normalized spacial score (nSPS) is 32.0. The Morgan fingerprint density at radius 2 is 1.77 bits per heavy atom. The number of aliphatic hydroxyl groups is 1. The van der Waals surface area contributed by atoms with Crippen molar-refractivity contribution in [3.8, 4) is 5.75 Å². The molecular weight excluding hydrogens is 503 g/mol. The molecule has 188 valence electrons. The van der Waals surface area contributed by atoms with Gasteiger partial charge in [0.1, 0.15) is 29.8 Å². The first-order chi connectivity index (χ1) is 16.7. The third-order valence-electron chi connectivity index (χ3n) is 7.44. The first kappa shape index (κ1) is 24.7. The molecule has 3 atom stereocenters. The predicted molar refractivity (Wildman–Crippen MR) is 125 cm³/mol. The highest BCUT2D eigenvalue weighted by atomic mass is 35.5. The standard InChI is InChI=1S/C24H25Cl2F2N3O4/c25-15-3-1-13(9-17(15)27)21-30-31-22(35-21)24-7-5-23(6-8-24,11-19(24)32)29-20(33)12-34-14-2-4-16(26)18(28)10-14/h1-4,9-10,19,21-22,30-32H,5-8,11-12H2,(H,29,33). The zero-order valence-corrected chi connectivity index (χ0v) is 20.1. The number of benzene rings is 2. The minimum absolute atomic E-state index is 0.0230. The van der Waals surface area contributed by atoms with Crippen molar-refractivity contribution in [3.63, 3.8) is 0 Å². The molecule has 0 spiro atoms. The molecule has 4 aliphatic rings. The first-order valence-corrected chi connectivity index (χ1v) is 12.1. The van der Waals surface area contributed by atoms with E-state index in [9.17, 15) is 18.7 Å². The van der Waals surface area contributed by atoms with Gasteiger partial charge < -0.3 is 19.9 Å². The number of hydrazine groups is 1. The number of amides is 1. The Morgan fingerprint density at radius 1 is 1.09 bits per heavy atom. The van der Waals surface area contributed by atoms with Crippen LogP contribution in [0.15, 0.2) is 36.4 Å². The van der Waals surface area contributed by atoms with Crippen molar-refractivity contribution < 1.29 is 28.2 Å². The maximum Gasteiger partial charge on any atom is 0.258 e. The Balaban J connectivity index is 1.19. The Kier molecular flexibility index (Phi) is 6.67. The molecule has 2 bridgehead atoms. The molecule has 1 amide bonds. The van der Waals surface area contributed by atoms with Crippen LogP contribution in [0.1, 0.15) is 43.9 Å². The third kappa shape index (κ3) is 4.73. The summed E-state index contributed by atoms with van der Waals surface area (Å²) in [6, 6.07) is 8.46. The van der Waals surface area contributed by atoms with Crippen molar-refractivity contribution >= 4 is 29.1 Å². The molecule has 3 unspecified atom stereocenters. The highest BCUT2D eigenvalue weighted by molar-refractivity contribution is 6.31. The lowest BCUT2D eigenvalue weighted by Gasteiger charge is -2.57. The van der Waals surface area contributed by atoms with Crippen LogP contribution in [0.2, 0.25) is 10.0 Å². The van der Waals surface area contributed by atoms with E-state index in [1.54, 1.807) is 6.07 Å². The molecule has 0 radical (unpaired) electrons. The van der Waals surface area contributed by atoms with Crippen LogP contribution < -0.4 is 20.9 Å². The van der Waals surface area contributed by atoms with Crippen molar-refractivity contribution in [2.24, 2.45) is 5.41 Å². The van der Waals surface area contributed by atoms with E-state index >= 15 is 0 Å². The number of hydrogen-bond donors (Lipinski definition) is 4. The molecule has 11 heteroatoms. The van der Waals surface area contributed by atoms with Crippen LogP contribution in [0.5, 0.6) is 5.75 Å². The molecular formula is C24H25Cl2F2N3O4. The van der Waals surface area contributed by atoms with Crippen molar-refractivity contribution in [1.82, 2.24) is 16.2 Å². The van der Waals surface area contributed by atoms with Crippen LogP contribution in [0.3, 0.4) is 0 Å². The molecule has 1 heterocycles. The van der Waals surface area contributed by atoms with Gasteiger partial charge in [0.05, 0.1) is 16.1 Å². The summed E-state index contributed by atoms with van der Waals surface area (Å²) in [5.74, 6) is -1.29. The van der Waals surface area contributed by atoms with Crippen molar-refractivity contribution in [2.45, 2.75) is 56.2 Å². The Bertz CT molecular complexity index is 1130. The summed E-state index contributed by atoms with van der Waals surface area (Å²) in [5.41, 5.74) is 5.65. The van der Waals surface area contributed by atoms with Gasteiger partial charge in [-0.15, -0.1) is 0 Å². The van der Waals surface area contributed by atoms with Gasteiger partial charge in [-0.05, 0) is 61.9 Å². The summed E-state index contributed by atoms with van der Waals surface area (Å²) < 4.78 is 39.0. The number of carbonyl (C=O) groups excluding carboxylic acids is 1. The van der Waals surface area contributed by atoms with Crippen LogP contribution in [0, 0.1) is 17.0 Å². The average molecular weight is 528 g/mol. The Morgan fingerprint density at radius 3 is 2.43 bits per heavy atom. The molecule has 1 aliphatic heterocycles. The molecule has 2 aromatic carbocycles. The summed E-state index contributed by atoms with van der Waals surface area (Å²) in [4.78, 5) is 12.6. The van der Waals surface area contributed by atoms with E-state index in [0.717, 1.165) is 6.07 Å². The molecule has 4 fully saturated rings. The quantitative estimate of drug-likeness (QED) is 0.454. The van der Waals surface area contributed by atoms with E-state index in [1.165, 1.54) is 24.3 Å². The molecule has 35 heavy (non-hydrogen) atoms. The largest absolute Gasteiger partial charge is 0.484 e.